The van der Waals surface area contributed by atoms with E-state index in [1.54, 1.807) is 18.7 Å². The van der Waals surface area contributed by atoms with Gasteiger partial charge in [0.1, 0.15) is 5.54 Å². The van der Waals surface area contributed by atoms with Crippen LogP contribution in [0.15, 0.2) is 29.4 Å². The number of aromatic nitrogens is 4. The summed E-state index contributed by atoms with van der Waals surface area (Å²) in [5.74, 6) is -0.339. The van der Waals surface area contributed by atoms with Gasteiger partial charge in [0.2, 0.25) is 17.0 Å². The summed E-state index contributed by atoms with van der Waals surface area (Å²) in [6.45, 7) is 5.37. The van der Waals surface area contributed by atoms with Crippen LogP contribution in [0.25, 0.3) is 0 Å². The molecule has 8 nitrogen and oxygen atoms in total. The Hall–Kier alpha value is -2.42. The minimum absolute atomic E-state index is 0.138. The maximum atomic E-state index is 13.5. The second-order valence-corrected chi connectivity index (χ2v) is 9.47. The number of rotatable bonds is 4. The summed E-state index contributed by atoms with van der Waals surface area (Å²) >= 11 is 1.35. The van der Waals surface area contributed by atoms with Gasteiger partial charge in [-0.3, -0.25) is 14.5 Å². The molecular weight excluding hydrogens is 388 g/mol. The molecule has 2 aromatic rings. The minimum atomic E-state index is -0.991. The fourth-order valence-corrected chi connectivity index (χ4v) is 4.95. The van der Waals surface area contributed by atoms with Gasteiger partial charge in [0, 0.05) is 0 Å². The molecule has 2 aliphatic rings. The first kappa shape index (κ1) is 19.9. The largest absolute Gasteiger partial charge is 0.322 e. The molecule has 0 radical (unpaired) electrons. The molecule has 1 N–H and O–H groups in total. The number of carbonyl (C=O) groups is 2. The van der Waals surface area contributed by atoms with Gasteiger partial charge < -0.3 is 5.32 Å². The van der Waals surface area contributed by atoms with Crippen molar-refractivity contribution in [2.45, 2.75) is 74.9 Å². The van der Waals surface area contributed by atoms with E-state index in [1.807, 2.05) is 35.9 Å². The molecule has 2 amide bonds. The molecule has 1 atom stereocenters. The molecule has 9 heteroatoms. The Morgan fingerprint density at radius 2 is 1.97 bits per heavy atom. The maximum Gasteiger partial charge on any atom is 0.250 e. The van der Waals surface area contributed by atoms with Crippen LogP contribution in [0.5, 0.6) is 0 Å². The zero-order chi connectivity index (χ0) is 20.6. The molecule has 1 aliphatic heterocycles. The van der Waals surface area contributed by atoms with E-state index in [-0.39, 0.29) is 11.8 Å². The molecule has 1 saturated carbocycles. The van der Waals surface area contributed by atoms with Crippen molar-refractivity contribution in [2.24, 2.45) is 0 Å². The third kappa shape index (κ3) is 3.63. The van der Waals surface area contributed by atoms with Crippen LogP contribution in [0.1, 0.15) is 58.9 Å². The number of carbonyl (C=O) groups excluding carboxylic acids is 2. The van der Waals surface area contributed by atoms with E-state index in [2.05, 4.69) is 20.8 Å². The standard InChI is InChI=1S/C20H26N6O2S/c1-13(29-19-22-23-24-26(19)14-9-5-4-6-10-14)17(27)25-16-12-8-7-11-15(16)21-18(28)20(25,2)3/h7-8,11-14H,4-6,9-10H2,1-3H3,(H,21,28). The number of hydrogen-bond acceptors (Lipinski definition) is 6. The third-order valence-corrected chi connectivity index (χ3v) is 6.78. The molecular formula is C20H26N6O2S. The van der Waals surface area contributed by atoms with Crippen LogP contribution in [-0.2, 0) is 9.59 Å². The highest BCUT2D eigenvalue weighted by Gasteiger charge is 2.45. The van der Waals surface area contributed by atoms with Crippen LogP contribution in [0.4, 0.5) is 11.4 Å². The highest BCUT2D eigenvalue weighted by molar-refractivity contribution is 8.00. The van der Waals surface area contributed by atoms with Gasteiger partial charge in [0.05, 0.1) is 22.7 Å². The zero-order valence-electron chi connectivity index (χ0n) is 17.0. The number of nitrogens with zero attached hydrogens (tertiary/aromatic N) is 5. The summed E-state index contributed by atoms with van der Waals surface area (Å²) in [6.07, 6.45) is 5.73. The van der Waals surface area contributed by atoms with Crippen molar-refractivity contribution < 1.29 is 9.59 Å². The van der Waals surface area contributed by atoms with Crippen molar-refractivity contribution in [3.63, 3.8) is 0 Å². The van der Waals surface area contributed by atoms with Crippen LogP contribution in [-0.4, -0.2) is 42.8 Å². The lowest BCUT2D eigenvalue weighted by molar-refractivity contribution is -0.126. The lowest BCUT2D eigenvalue weighted by atomic mass is 9.96. The minimum Gasteiger partial charge on any atom is -0.322 e. The van der Waals surface area contributed by atoms with E-state index in [9.17, 15) is 9.59 Å². The number of tetrazole rings is 1. The molecule has 1 unspecified atom stereocenters. The van der Waals surface area contributed by atoms with E-state index in [1.165, 1.54) is 31.0 Å². The Balaban J connectivity index is 1.58. The topological polar surface area (TPSA) is 93.0 Å². The smallest absolute Gasteiger partial charge is 0.250 e. The van der Waals surface area contributed by atoms with E-state index in [4.69, 9.17) is 0 Å². The summed E-state index contributed by atoms with van der Waals surface area (Å²) in [7, 11) is 0. The summed E-state index contributed by atoms with van der Waals surface area (Å²) < 4.78 is 1.87. The van der Waals surface area contributed by atoms with Crippen LogP contribution >= 0.6 is 11.8 Å². The summed E-state index contributed by atoms with van der Waals surface area (Å²) in [4.78, 5) is 27.7. The number of hydrogen-bond donors (Lipinski definition) is 1. The first-order valence-electron chi connectivity index (χ1n) is 10.1. The Kier molecular flexibility index (Phi) is 5.33. The number of amides is 2. The lowest BCUT2D eigenvalue weighted by Crippen LogP contribution is -2.60. The summed E-state index contributed by atoms with van der Waals surface area (Å²) in [6, 6.07) is 7.67. The number of thioether (sulfide) groups is 1. The van der Waals surface area contributed by atoms with Gasteiger partial charge in [-0.2, -0.15) is 0 Å². The number of para-hydroxylation sites is 2. The van der Waals surface area contributed by atoms with Crippen LogP contribution < -0.4 is 10.2 Å². The number of nitrogens with one attached hydrogen (secondary N) is 1. The quantitative estimate of drug-likeness (QED) is 0.771. The van der Waals surface area contributed by atoms with Crippen molar-refractivity contribution in [1.82, 2.24) is 20.2 Å². The van der Waals surface area contributed by atoms with Crippen LogP contribution in [0.2, 0.25) is 0 Å². The molecule has 4 rings (SSSR count). The Bertz CT molecular complexity index is 921. The Morgan fingerprint density at radius 3 is 2.72 bits per heavy atom. The van der Waals surface area contributed by atoms with Crippen molar-refractivity contribution in [2.75, 3.05) is 10.2 Å². The van der Waals surface area contributed by atoms with Crippen molar-refractivity contribution in [3.8, 4) is 0 Å². The van der Waals surface area contributed by atoms with E-state index >= 15 is 0 Å². The van der Waals surface area contributed by atoms with Gasteiger partial charge in [0.25, 0.3) is 0 Å². The highest BCUT2D eigenvalue weighted by atomic mass is 32.2. The molecule has 29 heavy (non-hydrogen) atoms. The predicted molar refractivity (Wildman–Crippen MR) is 112 cm³/mol. The molecule has 1 aliphatic carbocycles. The first-order chi connectivity index (χ1) is 13.9. The fourth-order valence-electron chi connectivity index (χ4n) is 4.05. The second-order valence-electron chi connectivity index (χ2n) is 8.16. The predicted octanol–water partition coefficient (Wildman–Crippen LogP) is 3.42. The molecule has 154 valence electrons. The van der Waals surface area contributed by atoms with Gasteiger partial charge in [-0.1, -0.05) is 43.2 Å². The first-order valence-corrected chi connectivity index (χ1v) is 11.0. The average molecular weight is 415 g/mol. The third-order valence-electron chi connectivity index (χ3n) is 5.74. The molecule has 0 bridgehead atoms. The van der Waals surface area contributed by atoms with Crippen molar-refractivity contribution >= 4 is 35.0 Å². The monoisotopic (exact) mass is 414 g/mol. The number of benzene rings is 1. The Labute approximate surface area is 174 Å². The van der Waals surface area contributed by atoms with Crippen LogP contribution in [0.3, 0.4) is 0 Å². The number of anilines is 2. The van der Waals surface area contributed by atoms with Gasteiger partial charge in [-0.05, 0) is 56.2 Å². The molecule has 2 heterocycles. The zero-order valence-corrected chi connectivity index (χ0v) is 17.8. The summed E-state index contributed by atoms with van der Waals surface area (Å²) in [5.41, 5.74) is 0.367. The molecule has 1 fully saturated rings. The van der Waals surface area contributed by atoms with E-state index in [0.717, 1.165) is 12.8 Å². The molecule has 1 aromatic heterocycles. The highest BCUT2D eigenvalue weighted by Crippen LogP contribution is 2.39. The Morgan fingerprint density at radius 1 is 1.24 bits per heavy atom. The van der Waals surface area contributed by atoms with Gasteiger partial charge in [-0.15, -0.1) is 5.10 Å². The van der Waals surface area contributed by atoms with Crippen LogP contribution in [0, 0.1) is 0 Å². The molecule has 0 spiro atoms. The number of fused-ring (bicyclic) bond motifs is 1. The van der Waals surface area contributed by atoms with E-state index < -0.39 is 10.8 Å². The second kappa shape index (κ2) is 7.78. The van der Waals surface area contributed by atoms with Crippen molar-refractivity contribution in [1.29, 1.82) is 0 Å². The SMILES string of the molecule is CC(Sc1nnnn1C1CCCCC1)C(=O)N1c2ccccc2NC(=O)C1(C)C. The van der Waals surface area contributed by atoms with Gasteiger partial charge in [0.15, 0.2) is 0 Å². The summed E-state index contributed by atoms with van der Waals surface area (Å²) in [5, 5.41) is 15.3. The lowest BCUT2D eigenvalue weighted by Gasteiger charge is -2.43. The average Bonchev–Trinajstić information content (AvgIpc) is 3.17. The van der Waals surface area contributed by atoms with E-state index in [0.29, 0.717) is 22.6 Å². The van der Waals surface area contributed by atoms with Gasteiger partial charge in [-0.25, -0.2) is 4.68 Å². The maximum absolute atomic E-state index is 13.5. The fraction of sp³-hybridized carbons (Fsp3) is 0.550. The molecule has 0 saturated heterocycles. The van der Waals surface area contributed by atoms with Crippen molar-refractivity contribution in [3.05, 3.63) is 24.3 Å². The normalized spacial score (nSPS) is 20.1. The molecule has 1 aromatic carbocycles. The van der Waals surface area contributed by atoms with Gasteiger partial charge >= 0.3 is 0 Å².